The molecule has 3 heterocycles. The third kappa shape index (κ3) is 2.60. The predicted octanol–water partition coefficient (Wildman–Crippen LogP) is 3.43. The van der Waals surface area contributed by atoms with E-state index >= 15 is 0 Å². The molecule has 0 aliphatic carbocycles. The third-order valence-electron chi connectivity index (χ3n) is 4.94. The number of hydrogen-bond acceptors (Lipinski definition) is 4. The van der Waals surface area contributed by atoms with E-state index < -0.39 is 0 Å². The monoisotopic (exact) mass is 322 g/mol. The van der Waals surface area contributed by atoms with Gasteiger partial charge in [0.05, 0.1) is 19.6 Å². The molecule has 1 atom stereocenters. The smallest absolute Gasteiger partial charge is 0.154 e. The minimum atomic E-state index is 0.498. The molecule has 5 nitrogen and oxygen atoms in total. The summed E-state index contributed by atoms with van der Waals surface area (Å²) in [5.41, 5.74) is 3.60. The lowest BCUT2D eigenvalue weighted by molar-refractivity contribution is 0.409. The van der Waals surface area contributed by atoms with Crippen LogP contribution in [0.4, 0.5) is 5.82 Å². The predicted molar refractivity (Wildman–Crippen MR) is 94.9 cm³/mol. The molecule has 24 heavy (non-hydrogen) atoms. The molecule has 0 radical (unpaired) electrons. The molecule has 1 fully saturated rings. The maximum absolute atomic E-state index is 5.50. The van der Waals surface area contributed by atoms with E-state index in [1.807, 2.05) is 29.3 Å². The summed E-state index contributed by atoms with van der Waals surface area (Å²) in [4.78, 5) is 11.3. The van der Waals surface area contributed by atoms with Gasteiger partial charge in [-0.05, 0) is 37.0 Å². The van der Waals surface area contributed by atoms with Crippen LogP contribution in [0, 0.1) is 6.92 Å². The Bertz CT molecular complexity index is 857. The molecule has 0 spiro atoms. The fraction of sp³-hybridized carbons (Fsp3) is 0.368. The topological polar surface area (TPSA) is 42.7 Å². The molecular weight excluding hydrogens is 300 g/mol. The van der Waals surface area contributed by atoms with Crippen molar-refractivity contribution in [2.24, 2.45) is 0 Å². The van der Waals surface area contributed by atoms with Crippen molar-refractivity contribution in [1.82, 2.24) is 14.4 Å². The number of hydrogen-bond donors (Lipinski definition) is 0. The molecular formula is C19H22N4O. The second-order valence-corrected chi connectivity index (χ2v) is 6.45. The van der Waals surface area contributed by atoms with Gasteiger partial charge in [0.1, 0.15) is 11.3 Å². The second kappa shape index (κ2) is 6.15. The van der Waals surface area contributed by atoms with E-state index in [1.165, 1.54) is 17.5 Å². The van der Waals surface area contributed by atoms with Crippen molar-refractivity contribution in [2.45, 2.75) is 25.7 Å². The van der Waals surface area contributed by atoms with Crippen LogP contribution in [0.15, 0.2) is 43.1 Å². The summed E-state index contributed by atoms with van der Waals surface area (Å²) in [7, 11) is 1.74. The number of anilines is 1. The number of piperidine rings is 1. The van der Waals surface area contributed by atoms with Crippen molar-refractivity contribution in [3.63, 3.8) is 0 Å². The lowest BCUT2D eigenvalue weighted by atomic mass is 9.90. The molecule has 124 valence electrons. The SMILES string of the molecule is COc1cc(C2CCCN(c3nccn4cncc34)C2)ccc1C. The Kier molecular flexibility index (Phi) is 3.84. The number of aryl methyl sites for hydroxylation is 1. The van der Waals surface area contributed by atoms with Crippen LogP contribution in [0.2, 0.25) is 0 Å². The molecule has 5 heteroatoms. The average Bonchev–Trinajstić information content (AvgIpc) is 3.11. The fourth-order valence-electron chi connectivity index (χ4n) is 3.61. The Morgan fingerprint density at radius 3 is 3.08 bits per heavy atom. The maximum atomic E-state index is 5.50. The van der Waals surface area contributed by atoms with Gasteiger partial charge in [0.25, 0.3) is 0 Å². The molecule has 0 amide bonds. The zero-order valence-corrected chi connectivity index (χ0v) is 14.1. The molecule has 1 unspecified atom stereocenters. The van der Waals surface area contributed by atoms with Gasteiger partial charge in [-0.15, -0.1) is 0 Å². The summed E-state index contributed by atoms with van der Waals surface area (Å²) in [5.74, 6) is 2.50. The average molecular weight is 322 g/mol. The third-order valence-corrected chi connectivity index (χ3v) is 4.94. The van der Waals surface area contributed by atoms with Crippen molar-refractivity contribution < 1.29 is 4.74 Å². The highest BCUT2D eigenvalue weighted by Gasteiger charge is 2.24. The first kappa shape index (κ1) is 15.0. The molecule has 1 saturated heterocycles. The van der Waals surface area contributed by atoms with Gasteiger partial charge in [-0.2, -0.15) is 0 Å². The Morgan fingerprint density at radius 1 is 1.29 bits per heavy atom. The van der Waals surface area contributed by atoms with Crippen LogP contribution in [0.3, 0.4) is 0 Å². The number of rotatable bonds is 3. The zero-order valence-electron chi connectivity index (χ0n) is 14.1. The maximum Gasteiger partial charge on any atom is 0.154 e. The molecule has 2 aromatic heterocycles. The second-order valence-electron chi connectivity index (χ2n) is 6.45. The van der Waals surface area contributed by atoms with E-state index in [9.17, 15) is 0 Å². The van der Waals surface area contributed by atoms with Crippen molar-refractivity contribution in [2.75, 3.05) is 25.1 Å². The molecule has 0 N–H and O–H groups in total. The molecule has 4 rings (SSSR count). The first-order valence-corrected chi connectivity index (χ1v) is 8.42. The van der Waals surface area contributed by atoms with Crippen molar-refractivity contribution >= 4 is 11.3 Å². The van der Waals surface area contributed by atoms with Gasteiger partial charge in [0.15, 0.2) is 5.82 Å². The number of aromatic nitrogens is 3. The van der Waals surface area contributed by atoms with Gasteiger partial charge in [-0.3, -0.25) is 0 Å². The van der Waals surface area contributed by atoms with E-state index in [4.69, 9.17) is 4.74 Å². The standard InChI is InChI=1S/C19H22N4O/c1-14-5-6-15(10-18(14)24-2)16-4-3-8-22(12-16)19-17-11-20-13-23(17)9-7-21-19/h5-7,9-11,13,16H,3-4,8,12H2,1-2H3. The van der Waals surface area contributed by atoms with E-state index in [2.05, 4.69) is 40.0 Å². The van der Waals surface area contributed by atoms with Crippen LogP contribution in [-0.2, 0) is 0 Å². The van der Waals surface area contributed by atoms with Crippen molar-refractivity contribution in [1.29, 1.82) is 0 Å². The summed E-state index contributed by atoms with van der Waals surface area (Å²) in [6.07, 6.45) is 9.87. The Balaban J connectivity index is 1.63. The minimum Gasteiger partial charge on any atom is -0.496 e. The number of fused-ring (bicyclic) bond motifs is 1. The first-order chi connectivity index (χ1) is 11.8. The summed E-state index contributed by atoms with van der Waals surface area (Å²) < 4.78 is 7.53. The summed E-state index contributed by atoms with van der Waals surface area (Å²) in [6, 6.07) is 6.58. The van der Waals surface area contributed by atoms with Crippen LogP contribution in [0.5, 0.6) is 5.75 Å². The normalized spacial score (nSPS) is 18.1. The van der Waals surface area contributed by atoms with Gasteiger partial charge in [0.2, 0.25) is 0 Å². The van der Waals surface area contributed by atoms with Crippen LogP contribution in [0.1, 0.15) is 29.9 Å². The van der Waals surface area contributed by atoms with Crippen LogP contribution in [0.25, 0.3) is 5.52 Å². The van der Waals surface area contributed by atoms with Crippen LogP contribution >= 0.6 is 0 Å². The van der Waals surface area contributed by atoms with Gasteiger partial charge in [-0.1, -0.05) is 12.1 Å². The minimum absolute atomic E-state index is 0.498. The van der Waals surface area contributed by atoms with Crippen molar-refractivity contribution in [3.8, 4) is 5.75 Å². The van der Waals surface area contributed by atoms with Gasteiger partial charge >= 0.3 is 0 Å². The van der Waals surface area contributed by atoms with Gasteiger partial charge in [0, 0.05) is 31.4 Å². The molecule has 1 aliphatic rings. The fourth-order valence-corrected chi connectivity index (χ4v) is 3.61. The highest BCUT2D eigenvalue weighted by molar-refractivity contribution is 5.68. The molecule has 1 aromatic carbocycles. The van der Waals surface area contributed by atoms with E-state index in [1.54, 1.807) is 7.11 Å². The number of ether oxygens (including phenoxy) is 1. The molecule has 0 bridgehead atoms. The van der Waals surface area contributed by atoms with Crippen molar-refractivity contribution in [3.05, 3.63) is 54.2 Å². The zero-order chi connectivity index (χ0) is 16.5. The summed E-state index contributed by atoms with van der Waals surface area (Å²) in [6.45, 7) is 4.10. The van der Waals surface area contributed by atoms with Crippen LogP contribution < -0.4 is 9.64 Å². The largest absolute Gasteiger partial charge is 0.496 e. The Morgan fingerprint density at radius 2 is 2.21 bits per heavy atom. The highest BCUT2D eigenvalue weighted by Crippen LogP contribution is 2.33. The Hall–Kier alpha value is -2.56. The lowest BCUT2D eigenvalue weighted by Gasteiger charge is -2.34. The number of benzene rings is 1. The molecule has 1 aliphatic heterocycles. The number of methoxy groups -OCH3 is 1. The molecule has 0 saturated carbocycles. The van der Waals surface area contributed by atoms with Gasteiger partial charge < -0.3 is 14.0 Å². The van der Waals surface area contributed by atoms with Crippen LogP contribution in [-0.4, -0.2) is 34.6 Å². The first-order valence-electron chi connectivity index (χ1n) is 8.42. The Labute approximate surface area is 141 Å². The quantitative estimate of drug-likeness (QED) is 0.741. The summed E-state index contributed by atoms with van der Waals surface area (Å²) in [5, 5.41) is 0. The lowest BCUT2D eigenvalue weighted by Crippen LogP contribution is -2.35. The van der Waals surface area contributed by atoms with E-state index in [0.717, 1.165) is 36.6 Å². The van der Waals surface area contributed by atoms with Gasteiger partial charge in [-0.25, -0.2) is 9.97 Å². The number of imidazole rings is 1. The summed E-state index contributed by atoms with van der Waals surface area (Å²) >= 11 is 0. The van der Waals surface area contributed by atoms with E-state index in [-0.39, 0.29) is 0 Å². The number of nitrogens with zero attached hydrogens (tertiary/aromatic N) is 4. The molecule has 3 aromatic rings. The highest BCUT2D eigenvalue weighted by atomic mass is 16.5. The van der Waals surface area contributed by atoms with E-state index in [0.29, 0.717) is 5.92 Å².